The molecule has 108 valence electrons. The molecule has 1 rings (SSSR count). The Kier molecular flexibility index (Phi) is 4.84. The normalized spacial score (nSPS) is 38.9. The van der Waals surface area contributed by atoms with Gasteiger partial charge in [-0.3, -0.25) is 4.52 Å². The fourth-order valence-electron chi connectivity index (χ4n) is 1.62. The second kappa shape index (κ2) is 5.47. The predicted molar refractivity (Wildman–Crippen MR) is 52.9 cm³/mol. The van der Waals surface area contributed by atoms with E-state index in [0.717, 1.165) is 0 Å². The molecule has 10 nitrogen and oxygen atoms in total. The molecule has 0 bridgehead atoms. The zero-order valence-electron chi connectivity index (χ0n) is 9.03. The Labute approximate surface area is 101 Å². The highest BCUT2D eigenvalue weighted by Gasteiger charge is 2.56. The predicted octanol–water partition coefficient (Wildman–Crippen LogP) is -3.74. The molecule has 18 heavy (non-hydrogen) atoms. The maximum Gasteiger partial charge on any atom is 0.470 e. The minimum Gasteiger partial charge on any atom is -0.394 e. The molecule has 0 unspecified atom stereocenters. The van der Waals surface area contributed by atoms with Gasteiger partial charge in [0, 0.05) is 0 Å². The smallest absolute Gasteiger partial charge is 0.394 e. The van der Waals surface area contributed by atoms with Gasteiger partial charge in [-0.25, -0.2) is 4.57 Å². The Hall–Kier alpha value is -0.130. The SMILES string of the molecule is O=P(O)(O)O[C@H](CO)[C@H]1O[C@](O)(CO)[C@@H](O)[C@@H]1O. The molecule has 1 saturated heterocycles. The van der Waals surface area contributed by atoms with Crippen molar-refractivity contribution in [3.05, 3.63) is 0 Å². The minimum absolute atomic E-state index is 0.943. The molecule has 11 heteroatoms. The quantitative estimate of drug-likeness (QED) is 0.249. The molecule has 0 saturated carbocycles. The first-order chi connectivity index (χ1) is 8.14. The number of hydrogen-bond acceptors (Lipinski definition) is 8. The lowest BCUT2D eigenvalue weighted by molar-refractivity contribution is -0.253. The number of phosphoric ester groups is 1. The van der Waals surface area contributed by atoms with Crippen molar-refractivity contribution in [1.82, 2.24) is 0 Å². The molecule has 1 heterocycles. The van der Waals surface area contributed by atoms with Gasteiger partial charge in [-0.15, -0.1) is 0 Å². The molecule has 1 fully saturated rings. The molecule has 1 aliphatic heterocycles. The van der Waals surface area contributed by atoms with Crippen LogP contribution in [0.5, 0.6) is 0 Å². The summed E-state index contributed by atoms with van der Waals surface area (Å²) in [6, 6.07) is 0. The van der Waals surface area contributed by atoms with Crippen LogP contribution in [0.1, 0.15) is 0 Å². The number of hydrogen-bond donors (Lipinski definition) is 7. The fraction of sp³-hybridized carbons (Fsp3) is 1.00. The maximum atomic E-state index is 10.6. The van der Waals surface area contributed by atoms with Crippen molar-refractivity contribution in [2.45, 2.75) is 30.2 Å². The fourth-order valence-corrected chi connectivity index (χ4v) is 2.16. The number of ether oxygens (including phenoxy) is 1. The van der Waals surface area contributed by atoms with Crippen molar-refractivity contribution in [3.63, 3.8) is 0 Å². The van der Waals surface area contributed by atoms with Gasteiger partial charge in [0.15, 0.2) is 0 Å². The molecular formula is C7H15O10P. The highest BCUT2D eigenvalue weighted by Crippen LogP contribution is 2.41. The monoisotopic (exact) mass is 290 g/mol. The number of aliphatic hydroxyl groups excluding tert-OH is 4. The van der Waals surface area contributed by atoms with Crippen LogP contribution in [-0.2, 0) is 13.8 Å². The third-order valence-electron chi connectivity index (χ3n) is 2.51. The Morgan fingerprint density at radius 2 is 1.89 bits per heavy atom. The molecule has 7 N–H and O–H groups in total. The van der Waals surface area contributed by atoms with E-state index in [-0.39, 0.29) is 0 Å². The lowest BCUT2D eigenvalue weighted by Crippen LogP contribution is -2.46. The van der Waals surface area contributed by atoms with Crippen LogP contribution in [0.2, 0.25) is 0 Å². The summed E-state index contributed by atoms with van der Waals surface area (Å²) in [5.41, 5.74) is 0. The summed E-state index contributed by atoms with van der Waals surface area (Å²) in [6.07, 6.45) is -7.02. The highest BCUT2D eigenvalue weighted by molar-refractivity contribution is 7.46. The van der Waals surface area contributed by atoms with E-state index in [0.29, 0.717) is 0 Å². The van der Waals surface area contributed by atoms with E-state index < -0.39 is 51.2 Å². The van der Waals surface area contributed by atoms with Crippen molar-refractivity contribution in [1.29, 1.82) is 0 Å². The zero-order valence-corrected chi connectivity index (χ0v) is 9.92. The molecular weight excluding hydrogens is 275 g/mol. The van der Waals surface area contributed by atoms with Crippen molar-refractivity contribution in [3.8, 4) is 0 Å². The average Bonchev–Trinajstić information content (AvgIpc) is 2.50. The van der Waals surface area contributed by atoms with E-state index in [4.69, 9.17) is 24.7 Å². The topological polar surface area (TPSA) is 177 Å². The molecule has 0 aromatic rings. The summed E-state index contributed by atoms with van der Waals surface area (Å²) in [6.45, 7) is -2.00. The third kappa shape index (κ3) is 3.25. The van der Waals surface area contributed by atoms with Crippen LogP contribution in [0.4, 0.5) is 0 Å². The van der Waals surface area contributed by atoms with Crippen molar-refractivity contribution in [2.24, 2.45) is 0 Å². The van der Waals surface area contributed by atoms with Gasteiger partial charge in [-0.1, -0.05) is 0 Å². The zero-order chi connectivity index (χ0) is 14.1. The molecule has 0 aliphatic carbocycles. The second-order valence-electron chi connectivity index (χ2n) is 3.84. The lowest BCUT2D eigenvalue weighted by Gasteiger charge is -2.25. The standard InChI is InChI=1S/C7H15O10P/c8-1-3(17-18(13,14)15)5-4(10)6(11)7(12,2-9)16-5/h3-6,8-12H,1-2H2,(H2,13,14,15)/t3-,4-,5-,6+,7-/m1/s1. The van der Waals surface area contributed by atoms with E-state index in [1.807, 2.05) is 0 Å². The van der Waals surface area contributed by atoms with Crippen LogP contribution in [0, 0.1) is 0 Å². The van der Waals surface area contributed by atoms with Crippen LogP contribution in [0.3, 0.4) is 0 Å². The highest BCUT2D eigenvalue weighted by atomic mass is 31.2. The Morgan fingerprint density at radius 1 is 1.33 bits per heavy atom. The van der Waals surface area contributed by atoms with Gasteiger partial charge in [0.2, 0.25) is 5.79 Å². The largest absolute Gasteiger partial charge is 0.470 e. The summed E-state index contributed by atoms with van der Waals surface area (Å²) >= 11 is 0. The Balaban J connectivity index is 2.86. The van der Waals surface area contributed by atoms with Crippen LogP contribution < -0.4 is 0 Å². The van der Waals surface area contributed by atoms with Crippen molar-refractivity contribution in [2.75, 3.05) is 13.2 Å². The van der Waals surface area contributed by atoms with E-state index in [2.05, 4.69) is 4.52 Å². The molecule has 1 aliphatic rings. The van der Waals surface area contributed by atoms with Gasteiger partial charge in [-0.2, -0.15) is 0 Å². The number of aliphatic hydroxyl groups is 5. The third-order valence-corrected chi connectivity index (χ3v) is 3.05. The van der Waals surface area contributed by atoms with E-state index in [1.54, 1.807) is 0 Å². The van der Waals surface area contributed by atoms with Gasteiger partial charge < -0.3 is 40.1 Å². The Morgan fingerprint density at radius 3 is 2.22 bits per heavy atom. The number of rotatable bonds is 5. The van der Waals surface area contributed by atoms with Crippen molar-refractivity contribution >= 4 is 7.82 Å². The van der Waals surface area contributed by atoms with Gasteiger partial charge in [0.1, 0.15) is 24.4 Å². The molecule has 0 aromatic carbocycles. The molecule has 0 aromatic heterocycles. The van der Waals surface area contributed by atoms with Gasteiger partial charge in [-0.05, 0) is 0 Å². The molecule has 0 spiro atoms. The van der Waals surface area contributed by atoms with Gasteiger partial charge in [0.05, 0.1) is 13.2 Å². The summed E-state index contributed by atoms with van der Waals surface area (Å²) in [5, 5.41) is 46.2. The summed E-state index contributed by atoms with van der Waals surface area (Å²) in [5.74, 6) is -2.49. The second-order valence-corrected chi connectivity index (χ2v) is 5.03. The number of phosphoric acid groups is 1. The van der Waals surface area contributed by atoms with E-state index >= 15 is 0 Å². The molecule has 0 radical (unpaired) electrons. The van der Waals surface area contributed by atoms with Gasteiger partial charge >= 0.3 is 7.82 Å². The first-order valence-corrected chi connectivity index (χ1v) is 6.39. The molecule has 5 atom stereocenters. The molecule has 0 amide bonds. The minimum atomic E-state index is -4.96. The van der Waals surface area contributed by atoms with Crippen LogP contribution in [0.15, 0.2) is 0 Å². The van der Waals surface area contributed by atoms with Crippen LogP contribution in [0.25, 0.3) is 0 Å². The van der Waals surface area contributed by atoms with E-state index in [9.17, 15) is 19.9 Å². The van der Waals surface area contributed by atoms with Crippen LogP contribution in [-0.4, -0.2) is 78.7 Å². The van der Waals surface area contributed by atoms with Crippen molar-refractivity contribution < 1.29 is 49.1 Å². The lowest BCUT2D eigenvalue weighted by atomic mass is 10.0. The van der Waals surface area contributed by atoms with Crippen LogP contribution >= 0.6 is 7.82 Å². The first kappa shape index (κ1) is 15.9. The van der Waals surface area contributed by atoms with E-state index in [1.165, 1.54) is 0 Å². The maximum absolute atomic E-state index is 10.6. The Bertz CT molecular complexity index is 330. The summed E-state index contributed by atoms with van der Waals surface area (Å²) in [4.78, 5) is 17.2. The van der Waals surface area contributed by atoms with Gasteiger partial charge in [0.25, 0.3) is 0 Å². The average molecular weight is 290 g/mol. The first-order valence-electron chi connectivity index (χ1n) is 4.86. The summed E-state index contributed by atoms with van der Waals surface area (Å²) in [7, 11) is -4.96. The summed E-state index contributed by atoms with van der Waals surface area (Å²) < 4.78 is 19.5.